The van der Waals surface area contributed by atoms with Gasteiger partial charge >= 0.3 is 0 Å². The first-order valence-electron chi connectivity index (χ1n) is 6.08. The van der Waals surface area contributed by atoms with Crippen LogP contribution in [0.15, 0.2) is 23.5 Å². The molecule has 0 aromatic carbocycles. The normalized spacial score (nSPS) is 13.6. The molecule has 2 rings (SSSR count). The summed E-state index contributed by atoms with van der Waals surface area (Å²) in [7, 11) is -3.78. The highest BCUT2D eigenvalue weighted by Crippen LogP contribution is 2.16. The van der Waals surface area contributed by atoms with Crippen LogP contribution >= 0.6 is 0 Å². The van der Waals surface area contributed by atoms with Crippen LogP contribution in [0.1, 0.15) is 18.2 Å². The van der Waals surface area contributed by atoms with Gasteiger partial charge in [0, 0.05) is 29.7 Å². The van der Waals surface area contributed by atoms with E-state index in [9.17, 15) is 13.5 Å². The number of aryl methyl sites for hydroxylation is 1. The zero-order valence-electron chi connectivity index (χ0n) is 11.2. The van der Waals surface area contributed by atoms with Crippen molar-refractivity contribution in [1.82, 2.24) is 24.7 Å². The van der Waals surface area contributed by atoms with Gasteiger partial charge in [0.25, 0.3) is 10.0 Å². The van der Waals surface area contributed by atoms with E-state index in [-0.39, 0.29) is 23.2 Å². The van der Waals surface area contributed by atoms with Crippen molar-refractivity contribution >= 4 is 10.0 Å². The molecule has 0 aliphatic carbocycles. The smallest absolute Gasteiger partial charge is 0.260 e. The Bertz CT molecular complexity index is 662. The first kappa shape index (κ1) is 14.7. The van der Waals surface area contributed by atoms with E-state index in [1.165, 1.54) is 0 Å². The van der Waals surface area contributed by atoms with Crippen LogP contribution in [0.4, 0.5) is 0 Å². The van der Waals surface area contributed by atoms with Crippen molar-refractivity contribution in [2.75, 3.05) is 0 Å². The Morgan fingerprint density at radius 1 is 1.55 bits per heavy atom. The van der Waals surface area contributed by atoms with E-state index >= 15 is 0 Å². The largest absolute Gasteiger partial charge is 0.392 e. The lowest BCUT2D eigenvalue weighted by Crippen LogP contribution is -2.36. The van der Waals surface area contributed by atoms with E-state index in [1.54, 1.807) is 37.0 Å². The number of aromatic amines is 1. The van der Waals surface area contributed by atoms with E-state index in [2.05, 4.69) is 20.0 Å². The van der Waals surface area contributed by atoms with Crippen molar-refractivity contribution in [2.24, 2.45) is 0 Å². The van der Waals surface area contributed by atoms with Crippen molar-refractivity contribution in [3.63, 3.8) is 0 Å². The van der Waals surface area contributed by atoms with E-state index in [0.717, 1.165) is 0 Å². The standard InChI is InChI=1S/C11H17N5O3S/c1-8(6-16-5-3-4-12-16)15-20(18,19)11-10(7-17)9(2)13-14-11/h3-5,8,15,17H,6-7H2,1-2H3,(H,13,14). The Labute approximate surface area is 116 Å². The quantitative estimate of drug-likeness (QED) is 0.682. The number of hydrogen-bond acceptors (Lipinski definition) is 5. The van der Waals surface area contributed by atoms with E-state index in [0.29, 0.717) is 12.2 Å². The van der Waals surface area contributed by atoms with Crippen molar-refractivity contribution in [2.45, 2.75) is 38.1 Å². The van der Waals surface area contributed by atoms with E-state index in [1.807, 2.05) is 0 Å². The number of sulfonamides is 1. The molecule has 0 bridgehead atoms. The van der Waals surface area contributed by atoms with Crippen LogP contribution in [0.25, 0.3) is 0 Å². The molecule has 2 aromatic rings. The predicted molar refractivity (Wildman–Crippen MR) is 71.3 cm³/mol. The fraction of sp³-hybridized carbons (Fsp3) is 0.455. The molecule has 3 N–H and O–H groups in total. The lowest BCUT2D eigenvalue weighted by Gasteiger charge is -2.13. The molecule has 1 atom stereocenters. The molecular weight excluding hydrogens is 282 g/mol. The van der Waals surface area contributed by atoms with Gasteiger partial charge in [-0.25, -0.2) is 13.1 Å². The van der Waals surface area contributed by atoms with Crippen molar-refractivity contribution < 1.29 is 13.5 Å². The van der Waals surface area contributed by atoms with Crippen LogP contribution in [0.5, 0.6) is 0 Å². The average molecular weight is 299 g/mol. The van der Waals surface area contributed by atoms with Crippen LogP contribution in [0.2, 0.25) is 0 Å². The molecule has 8 nitrogen and oxygen atoms in total. The minimum Gasteiger partial charge on any atom is -0.392 e. The molecule has 0 fully saturated rings. The number of nitrogens with one attached hydrogen (secondary N) is 2. The summed E-state index contributed by atoms with van der Waals surface area (Å²) >= 11 is 0. The predicted octanol–water partition coefficient (Wildman–Crippen LogP) is -0.226. The Hall–Kier alpha value is -1.71. The Balaban J connectivity index is 2.14. The van der Waals surface area contributed by atoms with Crippen LogP contribution in [0, 0.1) is 6.92 Å². The summed E-state index contributed by atoms with van der Waals surface area (Å²) in [5.41, 5.74) is 0.816. The molecular formula is C11H17N5O3S. The first-order chi connectivity index (χ1) is 9.44. The minimum absolute atomic E-state index is 0.162. The molecule has 0 amide bonds. The van der Waals surface area contributed by atoms with Crippen LogP contribution < -0.4 is 4.72 Å². The van der Waals surface area contributed by atoms with Gasteiger partial charge < -0.3 is 5.11 Å². The fourth-order valence-corrected chi connectivity index (χ4v) is 3.31. The minimum atomic E-state index is -3.78. The third-order valence-electron chi connectivity index (χ3n) is 2.83. The molecule has 0 radical (unpaired) electrons. The Morgan fingerprint density at radius 3 is 2.90 bits per heavy atom. The summed E-state index contributed by atoms with van der Waals surface area (Å²) < 4.78 is 28.6. The van der Waals surface area contributed by atoms with Gasteiger partial charge in [-0.2, -0.15) is 10.2 Å². The zero-order valence-corrected chi connectivity index (χ0v) is 12.1. The average Bonchev–Trinajstić information content (AvgIpc) is 2.97. The summed E-state index contributed by atoms with van der Waals surface area (Å²) in [6.07, 6.45) is 3.38. The highest BCUT2D eigenvalue weighted by Gasteiger charge is 2.25. The molecule has 110 valence electrons. The maximum atomic E-state index is 12.2. The van der Waals surface area contributed by atoms with Gasteiger partial charge in [-0.1, -0.05) is 0 Å². The molecule has 9 heteroatoms. The second-order valence-corrected chi connectivity index (χ2v) is 6.17. The van der Waals surface area contributed by atoms with E-state index in [4.69, 9.17) is 0 Å². The third-order valence-corrected chi connectivity index (χ3v) is 4.38. The molecule has 0 saturated heterocycles. The summed E-state index contributed by atoms with van der Waals surface area (Å²) in [5, 5.41) is 19.4. The zero-order chi connectivity index (χ0) is 14.8. The molecule has 20 heavy (non-hydrogen) atoms. The van der Waals surface area contributed by atoms with Gasteiger partial charge in [0.2, 0.25) is 0 Å². The van der Waals surface area contributed by atoms with E-state index < -0.39 is 10.0 Å². The topological polar surface area (TPSA) is 113 Å². The fourth-order valence-electron chi connectivity index (χ4n) is 1.89. The van der Waals surface area contributed by atoms with Gasteiger partial charge in [-0.15, -0.1) is 0 Å². The molecule has 0 saturated carbocycles. The second-order valence-electron chi connectivity index (χ2n) is 4.54. The highest BCUT2D eigenvalue weighted by atomic mass is 32.2. The monoisotopic (exact) mass is 299 g/mol. The number of H-pyrrole nitrogens is 1. The Kier molecular flexibility index (Phi) is 4.21. The highest BCUT2D eigenvalue weighted by molar-refractivity contribution is 7.89. The maximum absolute atomic E-state index is 12.2. The van der Waals surface area contributed by atoms with Gasteiger partial charge in [-0.3, -0.25) is 9.78 Å². The number of nitrogens with zero attached hydrogens (tertiary/aromatic N) is 3. The van der Waals surface area contributed by atoms with Gasteiger partial charge in [0.05, 0.1) is 13.2 Å². The third kappa shape index (κ3) is 3.06. The summed E-state index contributed by atoms with van der Waals surface area (Å²) in [4.78, 5) is 0. The van der Waals surface area contributed by atoms with Crippen molar-refractivity contribution in [3.05, 3.63) is 29.7 Å². The number of aromatic nitrogens is 4. The first-order valence-corrected chi connectivity index (χ1v) is 7.57. The summed E-state index contributed by atoms with van der Waals surface area (Å²) in [6.45, 7) is 3.41. The summed E-state index contributed by atoms with van der Waals surface area (Å²) in [6, 6.07) is 1.41. The maximum Gasteiger partial charge on any atom is 0.260 e. The van der Waals surface area contributed by atoms with Gasteiger partial charge in [-0.05, 0) is 19.9 Å². The van der Waals surface area contributed by atoms with Crippen LogP contribution in [-0.4, -0.2) is 39.5 Å². The van der Waals surface area contributed by atoms with Gasteiger partial charge in [0.1, 0.15) is 0 Å². The molecule has 0 aliphatic rings. The lowest BCUT2D eigenvalue weighted by atomic mass is 10.3. The van der Waals surface area contributed by atoms with Crippen molar-refractivity contribution in [3.8, 4) is 0 Å². The SMILES string of the molecule is Cc1[nH]nc(S(=O)(=O)NC(C)Cn2cccn2)c1CO. The number of rotatable bonds is 6. The lowest BCUT2D eigenvalue weighted by molar-refractivity contribution is 0.277. The molecule has 1 unspecified atom stereocenters. The van der Waals surface area contributed by atoms with Crippen LogP contribution in [0.3, 0.4) is 0 Å². The number of hydrogen-bond donors (Lipinski definition) is 3. The van der Waals surface area contributed by atoms with Crippen LogP contribution in [-0.2, 0) is 23.2 Å². The number of aliphatic hydroxyl groups is 1. The number of aliphatic hydroxyl groups excluding tert-OH is 1. The van der Waals surface area contributed by atoms with Gasteiger partial charge in [0.15, 0.2) is 5.03 Å². The second kappa shape index (κ2) is 5.73. The molecule has 0 spiro atoms. The molecule has 2 aromatic heterocycles. The molecule has 0 aliphatic heterocycles. The summed E-state index contributed by atoms with van der Waals surface area (Å²) in [5.74, 6) is 0. The Morgan fingerprint density at radius 2 is 2.30 bits per heavy atom. The van der Waals surface area contributed by atoms with Crippen molar-refractivity contribution in [1.29, 1.82) is 0 Å². The molecule has 2 heterocycles.